The van der Waals surface area contributed by atoms with Gasteiger partial charge in [0.1, 0.15) is 23.9 Å². The first-order valence-corrected chi connectivity index (χ1v) is 20.2. The lowest BCUT2D eigenvalue weighted by molar-refractivity contribution is -0.491. The molecule has 0 spiro atoms. The molecule has 4 saturated heterocycles. The van der Waals surface area contributed by atoms with Gasteiger partial charge < -0.3 is 33.3 Å². The molecular weight excluding hydrogens is 616 g/mol. The van der Waals surface area contributed by atoms with Gasteiger partial charge in [-0.25, -0.2) is 0 Å². The number of hydrogen-bond acceptors (Lipinski definition) is 8. The van der Waals surface area contributed by atoms with Crippen molar-refractivity contribution in [3.05, 3.63) is 23.3 Å². The number of aldehydes is 1. The zero-order valence-corrected chi connectivity index (χ0v) is 30.9. The summed E-state index contributed by atoms with van der Waals surface area (Å²) in [6, 6.07) is 0. The zero-order chi connectivity index (χ0) is 34.1. The van der Waals surface area contributed by atoms with Crippen LogP contribution in [0.25, 0.3) is 0 Å². The third kappa shape index (κ3) is 4.21. The van der Waals surface area contributed by atoms with E-state index >= 15 is 0 Å². The van der Waals surface area contributed by atoms with Crippen LogP contribution in [0.15, 0.2) is 23.3 Å². The molecule has 4 heterocycles. The highest BCUT2D eigenvalue weighted by molar-refractivity contribution is 6.48. The van der Waals surface area contributed by atoms with Crippen LogP contribution < -0.4 is 0 Å². The smallest absolute Gasteiger partial charge is 0.315 e. The van der Waals surface area contributed by atoms with Crippen molar-refractivity contribution < 1.29 is 42.8 Å². The second-order valence-electron chi connectivity index (χ2n) is 17.6. The fourth-order valence-corrected chi connectivity index (χ4v) is 12.6. The molecule has 13 unspecified atom stereocenters. The van der Waals surface area contributed by atoms with Gasteiger partial charge in [-0.2, -0.15) is 0 Å². The van der Waals surface area contributed by atoms with E-state index in [4.69, 9.17) is 28.1 Å². The number of carboxylic acid groups (broad SMARTS) is 1. The van der Waals surface area contributed by atoms with Crippen LogP contribution in [0.5, 0.6) is 0 Å². The number of aliphatic carboxylic acids is 1. The van der Waals surface area contributed by atoms with E-state index in [9.17, 15) is 14.7 Å². The van der Waals surface area contributed by atoms with E-state index in [0.29, 0.717) is 25.4 Å². The molecule has 4 aliphatic carbocycles. The molecule has 4 aliphatic heterocycles. The van der Waals surface area contributed by atoms with Crippen molar-refractivity contribution in [2.24, 2.45) is 57.2 Å². The SMILES string of the molecule is CC(C)=CCOC1C2OC3(O[Si](C)C)OC(OCC45CC6C(C)CCC6C6(C=O)CC4C=C(C(C)C)C65C(=O)O)(OC13)C2C(C)(C)C. The van der Waals surface area contributed by atoms with Gasteiger partial charge in [0.05, 0.1) is 24.5 Å². The van der Waals surface area contributed by atoms with Crippen molar-refractivity contribution in [3.8, 4) is 0 Å². The molecule has 1 radical (unpaired) electrons. The zero-order valence-electron chi connectivity index (χ0n) is 29.9. The highest BCUT2D eigenvalue weighted by atomic mass is 28.3. The molecule has 9 nitrogen and oxygen atoms in total. The van der Waals surface area contributed by atoms with Crippen molar-refractivity contribution in [1.29, 1.82) is 0 Å². The number of carbonyl (C=O) groups excluding carboxylic acids is 1. The first kappa shape index (κ1) is 34.1. The van der Waals surface area contributed by atoms with Crippen LogP contribution >= 0.6 is 0 Å². The monoisotopic (exact) mass is 671 g/mol. The highest BCUT2D eigenvalue weighted by Crippen LogP contribution is 2.83. The predicted octanol–water partition coefficient (Wildman–Crippen LogP) is 6.34. The van der Waals surface area contributed by atoms with E-state index in [2.05, 4.69) is 47.6 Å². The van der Waals surface area contributed by atoms with Gasteiger partial charge in [0.15, 0.2) is 6.10 Å². The van der Waals surface area contributed by atoms with E-state index in [0.717, 1.165) is 30.3 Å². The molecule has 7 fully saturated rings. The Morgan fingerprint density at radius 2 is 1.87 bits per heavy atom. The largest absolute Gasteiger partial charge is 0.481 e. The van der Waals surface area contributed by atoms with Crippen molar-refractivity contribution in [1.82, 2.24) is 0 Å². The molecular formula is C37H55O9Si. The molecule has 47 heavy (non-hydrogen) atoms. The van der Waals surface area contributed by atoms with Gasteiger partial charge in [-0.1, -0.05) is 71.3 Å². The summed E-state index contributed by atoms with van der Waals surface area (Å²) < 4.78 is 40.5. The van der Waals surface area contributed by atoms with Crippen LogP contribution in [0.1, 0.15) is 81.1 Å². The minimum Gasteiger partial charge on any atom is -0.481 e. The Balaban J connectivity index is 1.31. The van der Waals surface area contributed by atoms with Gasteiger partial charge in [0, 0.05) is 5.41 Å². The second-order valence-corrected chi connectivity index (χ2v) is 19.7. The minimum atomic E-state index is -1.53. The molecule has 0 aromatic rings. The van der Waals surface area contributed by atoms with Gasteiger partial charge in [0.25, 0.3) is 5.97 Å². The number of allylic oxidation sites excluding steroid dienone is 2. The fraction of sp³-hybridized carbons (Fsp3) is 0.838. The summed E-state index contributed by atoms with van der Waals surface area (Å²) in [5.74, 6) is -3.70. The Morgan fingerprint density at radius 3 is 2.47 bits per heavy atom. The maximum Gasteiger partial charge on any atom is 0.315 e. The Kier molecular flexibility index (Phi) is 7.83. The molecule has 0 aromatic heterocycles. The number of hydrogen-bond donors (Lipinski definition) is 1. The lowest BCUT2D eigenvalue weighted by atomic mass is 9.43. The molecule has 261 valence electrons. The first-order valence-electron chi connectivity index (χ1n) is 17.8. The summed E-state index contributed by atoms with van der Waals surface area (Å²) in [5, 5.41) is 11.5. The molecule has 1 N–H and O–H groups in total. The molecule has 10 heteroatoms. The fourth-order valence-electron chi connectivity index (χ4n) is 11.8. The van der Waals surface area contributed by atoms with Crippen LogP contribution in [0.4, 0.5) is 0 Å². The average molecular weight is 672 g/mol. The second kappa shape index (κ2) is 10.8. The van der Waals surface area contributed by atoms with Crippen LogP contribution in [-0.4, -0.2) is 69.9 Å². The summed E-state index contributed by atoms with van der Waals surface area (Å²) in [4.78, 5) is 27.6. The third-order valence-electron chi connectivity index (χ3n) is 13.3. The Bertz CT molecular complexity index is 1380. The summed E-state index contributed by atoms with van der Waals surface area (Å²) in [7, 11) is -1.31. The Labute approximate surface area is 281 Å². The number of carbonyl (C=O) groups is 2. The minimum absolute atomic E-state index is 0.0184. The van der Waals surface area contributed by atoms with Crippen molar-refractivity contribution in [2.45, 2.75) is 124 Å². The lowest BCUT2D eigenvalue weighted by Gasteiger charge is -2.59. The topological polar surface area (TPSA) is 110 Å². The van der Waals surface area contributed by atoms with Crippen LogP contribution in [0.2, 0.25) is 13.1 Å². The molecule has 0 amide bonds. The first-order chi connectivity index (χ1) is 22.0. The lowest BCUT2D eigenvalue weighted by Crippen LogP contribution is -2.66. The Hall–Kier alpha value is -1.40. The van der Waals surface area contributed by atoms with Gasteiger partial charge in [0.2, 0.25) is 9.04 Å². The van der Waals surface area contributed by atoms with Crippen molar-refractivity contribution >= 4 is 21.3 Å². The summed E-state index contributed by atoms with van der Waals surface area (Å²) >= 11 is 0. The molecule has 13 atom stereocenters. The summed E-state index contributed by atoms with van der Waals surface area (Å²) in [6.45, 7) is 21.4. The van der Waals surface area contributed by atoms with E-state index in [1.807, 2.05) is 33.0 Å². The quantitative estimate of drug-likeness (QED) is 0.153. The molecule has 3 saturated carbocycles. The summed E-state index contributed by atoms with van der Waals surface area (Å²) in [5.41, 5.74) is -1.49. The van der Waals surface area contributed by atoms with Crippen molar-refractivity contribution in [2.75, 3.05) is 13.2 Å². The number of fused-ring (bicyclic) bond motifs is 2. The third-order valence-corrected chi connectivity index (χ3v) is 14.0. The predicted molar refractivity (Wildman–Crippen MR) is 175 cm³/mol. The van der Waals surface area contributed by atoms with Crippen LogP contribution in [-0.2, 0) is 37.7 Å². The maximum atomic E-state index is 14.0. The molecule has 8 bridgehead atoms. The van der Waals surface area contributed by atoms with E-state index in [1.165, 1.54) is 0 Å². The van der Waals surface area contributed by atoms with Gasteiger partial charge in [-0.3, -0.25) is 9.53 Å². The Morgan fingerprint density at radius 1 is 1.15 bits per heavy atom. The molecule has 0 aromatic carbocycles. The van der Waals surface area contributed by atoms with Crippen LogP contribution in [0.3, 0.4) is 0 Å². The van der Waals surface area contributed by atoms with Gasteiger partial charge in [-0.15, -0.1) is 0 Å². The summed E-state index contributed by atoms with van der Waals surface area (Å²) in [6.07, 6.45) is 6.92. The average Bonchev–Trinajstić information content (AvgIpc) is 3.65. The molecule has 8 aliphatic rings. The van der Waals surface area contributed by atoms with Gasteiger partial charge >= 0.3 is 11.9 Å². The standard InChI is InChI=1S/C37H55O9Si/c1-20(2)13-14-41-28-27-29(32(6,7)8)36(44-30(28)37(43-27,45-36)46-47(9)10)42-19-34-17-24-22(5)11-12-25(24)33(18-38)16-23(34)15-26(21(3)4)35(33,34)31(39)40/h13,15,18,21-25,27-30H,11-12,14,16-17,19H2,1-10H3,(H,39,40). The number of rotatable bonds is 11. The van der Waals surface area contributed by atoms with Crippen molar-refractivity contribution in [3.63, 3.8) is 0 Å². The van der Waals surface area contributed by atoms with E-state index in [-0.39, 0.29) is 30.3 Å². The maximum absolute atomic E-state index is 14.0. The normalized spacial score (nSPS) is 48.8. The number of ether oxygens (including phenoxy) is 5. The van der Waals surface area contributed by atoms with E-state index in [1.54, 1.807) is 0 Å². The number of carboxylic acids is 1. The van der Waals surface area contributed by atoms with E-state index < -0.39 is 72.8 Å². The molecule has 8 rings (SSSR count). The highest BCUT2D eigenvalue weighted by Gasteiger charge is 2.86. The van der Waals surface area contributed by atoms with Gasteiger partial charge in [-0.05, 0) is 81.2 Å². The van der Waals surface area contributed by atoms with Crippen LogP contribution in [0, 0.1) is 57.2 Å².